The highest BCUT2D eigenvalue weighted by molar-refractivity contribution is 6.33. The van der Waals surface area contributed by atoms with Crippen LogP contribution in [0.15, 0.2) is 24.3 Å². The zero-order chi connectivity index (χ0) is 13.4. The molecule has 94 valence electrons. The maximum atomic E-state index is 9.20. The molecule has 0 spiro atoms. The standard InChI is InChI=1S/C15H10Cl2N2/c16-13-7-2-1-4-11(13)14-10-6-3-5-9(10)12(8-18)15(17)19-14/h1-2,4,7H,3,5-6H2. The van der Waals surface area contributed by atoms with Gasteiger partial charge in [0.1, 0.15) is 11.2 Å². The second-order valence-corrected chi connectivity index (χ2v) is 5.29. The second kappa shape index (κ2) is 4.85. The first-order chi connectivity index (χ1) is 9.22. The van der Waals surface area contributed by atoms with Crippen LogP contribution in [0.1, 0.15) is 23.1 Å². The van der Waals surface area contributed by atoms with Crippen LogP contribution in [0.5, 0.6) is 0 Å². The molecule has 4 heteroatoms. The minimum absolute atomic E-state index is 0.276. The molecule has 0 bridgehead atoms. The Balaban J connectivity index is 2.31. The number of nitriles is 1. The first kappa shape index (κ1) is 12.5. The van der Waals surface area contributed by atoms with Crippen LogP contribution in [0.2, 0.25) is 10.2 Å². The van der Waals surface area contributed by atoms with Crippen molar-refractivity contribution in [3.05, 3.63) is 51.1 Å². The number of fused-ring (bicyclic) bond motifs is 1. The summed E-state index contributed by atoms with van der Waals surface area (Å²) in [6.45, 7) is 0. The van der Waals surface area contributed by atoms with Crippen molar-refractivity contribution in [2.45, 2.75) is 19.3 Å². The van der Waals surface area contributed by atoms with E-state index in [9.17, 15) is 5.26 Å². The highest BCUT2D eigenvalue weighted by Gasteiger charge is 2.24. The quantitative estimate of drug-likeness (QED) is 0.729. The van der Waals surface area contributed by atoms with Crippen LogP contribution < -0.4 is 0 Å². The van der Waals surface area contributed by atoms with E-state index in [2.05, 4.69) is 11.1 Å². The summed E-state index contributed by atoms with van der Waals surface area (Å²) < 4.78 is 0. The Kier molecular flexibility index (Phi) is 3.18. The van der Waals surface area contributed by atoms with Gasteiger partial charge in [-0.3, -0.25) is 0 Å². The first-order valence-corrected chi connectivity index (χ1v) is 6.84. The van der Waals surface area contributed by atoms with Gasteiger partial charge >= 0.3 is 0 Å². The molecule has 1 aliphatic carbocycles. The average molecular weight is 289 g/mol. The molecule has 3 rings (SSSR count). The second-order valence-electron chi connectivity index (χ2n) is 4.53. The summed E-state index contributed by atoms with van der Waals surface area (Å²) in [4.78, 5) is 4.41. The number of halogens is 2. The lowest BCUT2D eigenvalue weighted by Crippen LogP contribution is -1.98. The summed E-state index contributed by atoms with van der Waals surface area (Å²) in [5, 5.41) is 10.1. The Morgan fingerprint density at radius 2 is 1.84 bits per heavy atom. The minimum Gasteiger partial charge on any atom is -0.234 e. The molecule has 0 atom stereocenters. The normalized spacial score (nSPS) is 13.1. The molecule has 1 heterocycles. The molecule has 0 unspecified atom stereocenters. The Hall–Kier alpha value is -1.56. The molecule has 2 nitrogen and oxygen atoms in total. The minimum atomic E-state index is 0.276. The Labute approximate surface area is 121 Å². The van der Waals surface area contributed by atoms with Crippen LogP contribution in [0.3, 0.4) is 0 Å². The lowest BCUT2D eigenvalue weighted by atomic mass is 10.00. The van der Waals surface area contributed by atoms with Gasteiger partial charge in [0.25, 0.3) is 0 Å². The molecule has 0 radical (unpaired) electrons. The Morgan fingerprint density at radius 3 is 2.58 bits per heavy atom. The zero-order valence-electron chi connectivity index (χ0n) is 10.1. The average Bonchev–Trinajstić information content (AvgIpc) is 2.88. The SMILES string of the molecule is N#Cc1c(Cl)nc(-c2ccccc2Cl)c2c1CCC2. The van der Waals surface area contributed by atoms with Gasteiger partial charge in [-0.2, -0.15) is 5.26 Å². The van der Waals surface area contributed by atoms with Crippen LogP contribution in [-0.4, -0.2) is 4.98 Å². The van der Waals surface area contributed by atoms with Gasteiger partial charge in [0, 0.05) is 10.6 Å². The highest BCUT2D eigenvalue weighted by Crippen LogP contribution is 2.38. The highest BCUT2D eigenvalue weighted by atomic mass is 35.5. The predicted molar refractivity (Wildman–Crippen MR) is 76.4 cm³/mol. The maximum Gasteiger partial charge on any atom is 0.147 e. The third-order valence-electron chi connectivity index (χ3n) is 3.46. The molecular formula is C15H10Cl2N2. The first-order valence-electron chi connectivity index (χ1n) is 6.08. The van der Waals surface area contributed by atoms with Crippen molar-refractivity contribution in [1.29, 1.82) is 5.26 Å². The van der Waals surface area contributed by atoms with Gasteiger partial charge in [-0.05, 0) is 36.5 Å². The van der Waals surface area contributed by atoms with Crippen LogP contribution in [0.4, 0.5) is 0 Å². The van der Waals surface area contributed by atoms with Crippen LogP contribution in [-0.2, 0) is 12.8 Å². The van der Waals surface area contributed by atoms with Gasteiger partial charge in [-0.25, -0.2) is 4.98 Å². The molecule has 2 aromatic rings. The van der Waals surface area contributed by atoms with Gasteiger partial charge in [0.05, 0.1) is 11.3 Å². The molecule has 1 aliphatic rings. The van der Waals surface area contributed by atoms with Crippen LogP contribution in [0.25, 0.3) is 11.3 Å². The number of nitrogens with zero attached hydrogens (tertiary/aromatic N) is 2. The van der Waals surface area contributed by atoms with Crippen LogP contribution in [0, 0.1) is 11.3 Å². The summed E-state index contributed by atoms with van der Waals surface area (Å²) in [6, 6.07) is 9.75. The number of rotatable bonds is 1. The smallest absolute Gasteiger partial charge is 0.147 e. The summed E-state index contributed by atoms with van der Waals surface area (Å²) in [7, 11) is 0. The van der Waals surface area contributed by atoms with Gasteiger partial charge in [-0.15, -0.1) is 0 Å². The third kappa shape index (κ3) is 2.00. The molecular weight excluding hydrogens is 279 g/mol. The van der Waals surface area contributed by atoms with E-state index in [1.165, 1.54) is 0 Å². The molecule has 0 saturated heterocycles. The van der Waals surface area contributed by atoms with Crippen molar-refractivity contribution in [3.8, 4) is 17.3 Å². The number of benzene rings is 1. The van der Waals surface area contributed by atoms with E-state index in [0.717, 1.165) is 41.6 Å². The topological polar surface area (TPSA) is 36.7 Å². The molecule has 1 aromatic carbocycles. The van der Waals surface area contributed by atoms with Gasteiger partial charge in [-0.1, -0.05) is 41.4 Å². The molecule has 1 aromatic heterocycles. The van der Waals surface area contributed by atoms with Crippen molar-refractivity contribution in [2.75, 3.05) is 0 Å². The van der Waals surface area contributed by atoms with E-state index in [4.69, 9.17) is 23.2 Å². The number of hydrogen-bond acceptors (Lipinski definition) is 2. The number of pyridine rings is 1. The predicted octanol–water partition coefficient (Wildman–Crippen LogP) is 4.42. The van der Waals surface area contributed by atoms with E-state index in [-0.39, 0.29) is 5.15 Å². The summed E-state index contributed by atoms with van der Waals surface area (Å²) in [5.41, 5.74) is 4.38. The molecule has 0 aliphatic heterocycles. The lowest BCUT2D eigenvalue weighted by molar-refractivity contribution is 0.911. The van der Waals surface area contributed by atoms with E-state index >= 15 is 0 Å². The number of hydrogen-bond donors (Lipinski definition) is 0. The summed E-state index contributed by atoms with van der Waals surface area (Å²) in [6.07, 6.45) is 2.84. The van der Waals surface area contributed by atoms with E-state index < -0.39 is 0 Å². The summed E-state index contributed by atoms with van der Waals surface area (Å²) >= 11 is 12.4. The van der Waals surface area contributed by atoms with Crippen molar-refractivity contribution in [2.24, 2.45) is 0 Å². The molecule has 0 fully saturated rings. The van der Waals surface area contributed by atoms with E-state index in [1.54, 1.807) is 0 Å². The van der Waals surface area contributed by atoms with E-state index in [0.29, 0.717) is 10.6 Å². The molecule has 0 N–H and O–H groups in total. The van der Waals surface area contributed by atoms with E-state index in [1.807, 2.05) is 24.3 Å². The fourth-order valence-corrected chi connectivity index (χ4v) is 3.08. The zero-order valence-corrected chi connectivity index (χ0v) is 11.6. The third-order valence-corrected chi connectivity index (χ3v) is 4.07. The maximum absolute atomic E-state index is 9.20. The number of aromatic nitrogens is 1. The van der Waals surface area contributed by atoms with Crippen molar-refractivity contribution >= 4 is 23.2 Å². The van der Waals surface area contributed by atoms with Gasteiger partial charge in [0.15, 0.2) is 0 Å². The monoisotopic (exact) mass is 288 g/mol. The Morgan fingerprint density at radius 1 is 1.11 bits per heavy atom. The largest absolute Gasteiger partial charge is 0.234 e. The Bertz CT molecular complexity index is 702. The van der Waals surface area contributed by atoms with Crippen molar-refractivity contribution in [1.82, 2.24) is 4.98 Å². The lowest BCUT2D eigenvalue weighted by Gasteiger charge is -2.11. The van der Waals surface area contributed by atoms with Crippen LogP contribution >= 0.6 is 23.2 Å². The summed E-state index contributed by atoms with van der Waals surface area (Å²) in [5.74, 6) is 0. The molecule has 19 heavy (non-hydrogen) atoms. The fraction of sp³-hybridized carbons (Fsp3) is 0.200. The van der Waals surface area contributed by atoms with Gasteiger partial charge < -0.3 is 0 Å². The van der Waals surface area contributed by atoms with Crippen molar-refractivity contribution in [3.63, 3.8) is 0 Å². The van der Waals surface area contributed by atoms with Crippen molar-refractivity contribution < 1.29 is 0 Å². The molecule has 0 saturated carbocycles. The molecule has 0 amide bonds. The fourth-order valence-electron chi connectivity index (χ4n) is 2.62. The van der Waals surface area contributed by atoms with Gasteiger partial charge in [0.2, 0.25) is 0 Å².